The van der Waals surface area contributed by atoms with Crippen LogP contribution in [0.4, 0.5) is 13.2 Å². The number of rotatable bonds is 2. The maximum absolute atomic E-state index is 13.8. The fourth-order valence-electron chi connectivity index (χ4n) is 3.76. The number of hydrogen-bond donors (Lipinski definition) is 0. The van der Waals surface area contributed by atoms with Gasteiger partial charge in [0.15, 0.2) is 0 Å². The lowest BCUT2D eigenvalue weighted by Gasteiger charge is -2.16. The van der Waals surface area contributed by atoms with Gasteiger partial charge in [0.2, 0.25) is 6.39 Å². The van der Waals surface area contributed by atoms with Gasteiger partial charge in [-0.3, -0.25) is 4.40 Å². The van der Waals surface area contributed by atoms with Crippen molar-refractivity contribution in [2.75, 3.05) is 20.1 Å². The molecular formula is C18H15F3N6O. The molecule has 0 N–H and O–H groups in total. The quantitative estimate of drug-likeness (QED) is 0.524. The van der Waals surface area contributed by atoms with Crippen molar-refractivity contribution in [1.29, 1.82) is 0 Å². The van der Waals surface area contributed by atoms with Crippen LogP contribution in [0.25, 0.3) is 28.3 Å². The zero-order chi connectivity index (χ0) is 19.5. The van der Waals surface area contributed by atoms with E-state index in [-0.39, 0.29) is 22.8 Å². The number of hydrogen-bond acceptors (Lipinski definition) is 6. The summed E-state index contributed by atoms with van der Waals surface area (Å²) < 4.78 is 48.1. The van der Waals surface area contributed by atoms with Crippen molar-refractivity contribution in [1.82, 2.24) is 29.5 Å². The molecule has 1 saturated heterocycles. The number of alkyl halides is 3. The minimum absolute atomic E-state index is 0.0320. The van der Waals surface area contributed by atoms with Gasteiger partial charge in [-0.1, -0.05) is 0 Å². The molecule has 0 amide bonds. The molecule has 0 bridgehead atoms. The predicted octanol–water partition coefficient (Wildman–Crippen LogP) is 3.37. The highest BCUT2D eigenvalue weighted by Crippen LogP contribution is 2.37. The number of nitrogens with zero attached hydrogens (tertiary/aromatic N) is 6. The first-order valence-corrected chi connectivity index (χ1v) is 8.75. The second-order valence-electron chi connectivity index (χ2n) is 7.01. The maximum atomic E-state index is 13.8. The molecule has 0 aromatic carbocycles. The Balaban J connectivity index is 1.77. The molecular weight excluding hydrogens is 373 g/mol. The summed E-state index contributed by atoms with van der Waals surface area (Å²) in [5.41, 5.74) is 0.824. The zero-order valence-corrected chi connectivity index (χ0v) is 14.8. The van der Waals surface area contributed by atoms with Crippen LogP contribution in [0, 0.1) is 0 Å². The molecule has 0 radical (unpaired) electrons. The first kappa shape index (κ1) is 17.1. The molecule has 0 saturated carbocycles. The predicted molar refractivity (Wildman–Crippen MR) is 93.6 cm³/mol. The van der Waals surface area contributed by atoms with E-state index in [1.165, 1.54) is 24.6 Å². The summed E-state index contributed by atoms with van der Waals surface area (Å²) in [4.78, 5) is 11.1. The molecule has 144 valence electrons. The number of imidazole rings is 1. The monoisotopic (exact) mass is 388 g/mol. The summed E-state index contributed by atoms with van der Waals surface area (Å²) in [6.45, 7) is 1.52. The smallest absolute Gasteiger partial charge is 0.417 e. The van der Waals surface area contributed by atoms with E-state index in [1.807, 2.05) is 7.05 Å². The van der Waals surface area contributed by atoms with Crippen LogP contribution in [-0.4, -0.2) is 49.6 Å². The Kier molecular flexibility index (Phi) is 3.66. The van der Waals surface area contributed by atoms with Gasteiger partial charge in [0.25, 0.3) is 5.89 Å². The average molecular weight is 388 g/mol. The van der Waals surface area contributed by atoms with E-state index in [2.05, 4.69) is 25.1 Å². The van der Waals surface area contributed by atoms with Gasteiger partial charge in [-0.15, -0.1) is 10.2 Å². The van der Waals surface area contributed by atoms with Gasteiger partial charge in [0.1, 0.15) is 17.0 Å². The van der Waals surface area contributed by atoms with Gasteiger partial charge in [-0.25, -0.2) is 9.97 Å². The molecule has 1 atom stereocenters. The van der Waals surface area contributed by atoms with E-state index in [9.17, 15) is 13.2 Å². The second kappa shape index (κ2) is 5.99. The Morgan fingerprint density at radius 3 is 2.75 bits per heavy atom. The van der Waals surface area contributed by atoms with Crippen molar-refractivity contribution < 1.29 is 17.6 Å². The standard InChI is InChI=1S/C18H15F3N6O/c1-26-5-4-10(7-26)13-6-12(18(19,20)21)11-2-3-15-23-14(17-25-22-9-28-17)8-27(15)16(11)24-13/h2-3,6,8-10H,4-5,7H2,1H3. The molecule has 1 fully saturated rings. The average Bonchev–Trinajstić information content (AvgIpc) is 3.39. The molecule has 4 aromatic rings. The maximum Gasteiger partial charge on any atom is 0.417 e. The van der Waals surface area contributed by atoms with Crippen molar-refractivity contribution in [3.8, 4) is 11.6 Å². The summed E-state index contributed by atoms with van der Waals surface area (Å²) in [5, 5.41) is 7.46. The highest BCUT2D eigenvalue weighted by molar-refractivity contribution is 5.83. The van der Waals surface area contributed by atoms with E-state index in [0.717, 1.165) is 13.0 Å². The van der Waals surface area contributed by atoms with Gasteiger partial charge in [0, 0.05) is 29.7 Å². The number of aromatic nitrogens is 5. The third-order valence-electron chi connectivity index (χ3n) is 5.11. The fourth-order valence-corrected chi connectivity index (χ4v) is 3.76. The molecule has 10 heteroatoms. The Labute approximate surface area is 156 Å². The normalized spacial score (nSPS) is 18.5. The number of likely N-dealkylation sites (N-methyl/N-ethyl adjacent to an activating group) is 1. The van der Waals surface area contributed by atoms with Crippen LogP contribution in [0.15, 0.2) is 35.2 Å². The van der Waals surface area contributed by atoms with Gasteiger partial charge in [0.05, 0.1) is 5.56 Å². The van der Waals surface area contributed by atoms with Crippen LogP contribution in [0.2, 0.25) is 0 Å². The Hall–Kier alpha value is -3.01. The molecule has 1 unspecified atom stereocenters. The largest absolute Gasteiger partial charge is 0.422 e. The highest BCUT2D eigenvalue weighted by Gasteiger charge is 2.35. The van der Waals surface area contributed by atoms with Crippen LogP contribution >= 0.6 is 0 Å². The summed E-state index contributed by atoms with van der Waals surface area (Å²) in [7, 11) is 1.95. The molecule has 28 heavy (non-hydrogen) atoms. The molecule has 0 aliphatic carbocycles. The zero-order valence-electron chi connectivity index (χ0n) is 14.8. The molecule has 4 aromatic heterocycles. The lowest BCUT2D eigenvalue weighted by Crippen LogP contribution is -2.15. The highest BCUT2D eigenvalue weighted by atomic mass is 19.4. The van der Waals surface area contributed by atoms with Crippen molar-refractivity contribution in [2.24, 2.45) is 0 Å². The Bertz CT molecular complexity index is 1170. The number of halogens is 3. The Morgan fingerprint density at radius 1 is 1.21 bits per heavy atom. The lowest BCUT2D eigenvalue weighted by molar-refractivity contribution is -0.136. The van der Waals surface area contributed by atoms with Crippen LogP contribution < -0.4 is 0 Å². The number of pyridine rings is 2. The third-order valence-corrected chi connectivity index (χ3v) is 5.11. The van der Waals surface area contributed by atoms with Crippen LogP contribution in [0.1, 0.15) is 23.6 Å². The number of fused-ring (bicyclic) bond motifs is 3. The van der Waals surface area contributed by atoms with Crippen LogP contribution in [-0.2, 0) is 6.18 Å². The fraction of sp³-hybridized carbons (Fsp3) is 0.333. The third kappa shape index (κ3) is 2.71. The molecule has 5 rings (SSSR count). The van der Waals surface area contributed by atoms with E-state index >= 15 is 0 Å². The van der Waals surface area contributed by atoms with Crippen molar-refractivity contribution in [3.05, 3.63) is 42.0 Å². The van der Waals surface area contributed by atoms with Crippen molar-refractivity contribution in [3.63, 3.8) is 0 Å². The first-order chi connectivity index (χ1) is 13.4. The molecule has 7 nitrogen and oxygen atoms in total. The van der Waals surface area contributed by atoms with Gasteiger partial charge >= 0.3 is 6.18 Å². The lowest BCUT2D eigenvalue weighted by atomic mass is 10.0. The second-order valence-corrected chi connectivity index (χ2v) is 7.01. The first-order valence-electron chi connectivity index (χ1n) is 8.75. The van der Waals surface area contributed by atoms with Crippen LogP contribution in [0.3, 0.4) is 0 Å². The van der Waals surface area contributed by atoms with Crippen molar-refractivity contribution in [2.45, 2.75) is 18.5 Å². The minimum Gasteiger partial charge on any atom is -0.422 e. The van der Waals surface area contributed by atoms with E-state index in [0.29, 0.717) is 23.6 Å². The van der Waals surface area contributed by atoms with Crippen LogP contribution in [0.5, 0.6) is 0 Å². The van der Waals surface area contributed by atoms with Gasteiger partial charge < -0.3 is 9.32 Å². The van der Waals surface area contributed by atoms with E-state index in [1.54, 1.807) is 10.6 Å². The summed E-state index contributed by atoms with van der Waals surface area (Å²) in [5.74, 6) is 0.158. The minimum atomic E-state index is -4.48. The summed E-state index contributed by atoms with van der Waals surface area (Å²) >= 11 is 0. The summed E-state index contributed by atoms with van der Waals surface area (Å²) in [6.07, 6.45) is -0.960. The van der Waals surface area contributed by atoms with Gasteiger partial charge in [-0.05, 0) is 38.2 Å². The topological polar surface area (TPSA) is 72.4 Å². The van der Waals surface area contributed by atoms with E-state index in [4.69, 9.17) is 4.42 Å². The molecule has 0 spiro atoms. The SMILES string of the molecule is CN1CCC(c2cc(C(F)(F)F)c3ccc4nc(-c5nnco5)cn4c3n2)C1. The Morgan fingerprint density at radius 2 is 2.07 bits per heavy atom. The number of likely N-dealkylation sites (tertiary alicyclic amines) is 1. The van der Waals surface area contributed by atoms with Gasteiger partial charge in [-0.2, -0.15) is 13.2 Å². The molecule has 1 aliphatic heterocycles. The van der Waals surface area contributed by atoms with Crippen molar-refractivity contribution >= 4 is 16.7 Å². The van der Waals surface area contributed by atoms with E-state index < -0.39 is 11.7 Å². The summed E-state index contributed by atoms with van der Waals surface area (Å²) in [6, 6.07) is 4.13. The molecule has 5 heterocycles. The molecule has 1 aliphatic rings.